The summed E-state index contributed by atoms with van der Waals surface area (Å²) in [6.45, 7) is 11.8. The molecular formula is C29H36N2O5S. The van der Waals surface area contributed by atoms with Gasteiger partial charge in [0.05, 0.1) is 17.7 Å². The van der Waals surface area contributed by atoms with Crippen LogP contribution in [0.25, 0.3) is 0 Å². The van der Waals surface area contributed by atoms with E-state index in [1.54, 1.807) is 40.6 Å². The molecule has 1 amide bonds. The monoisotopic (exact) mass is 524 g/mol. The highest BCUT2D eigenvalue weighted by Gasteiger charge is 2.75. The molecule has 2 aromatic rings. The summed E-state index contributed by atoms with van der Waals surface area (Å²) >= 11 is 0. The Hall–Kier alpha value is -2.84. The molecule has 0 unspecified atom stereocenters. The van der Waals surface area contributed by atoms with E-state index < -0.39 is 32.8 Å². The number of amides is 1. The topological polar surface area (TPSA) is 76.2 Å². The van der Waals surface area contributed by atoms with E-state index in [0.717, 1.165) is 24.0 Å². The highest BCUT2D eigenvalue weighted by molar-refractivity contribution is 7.89. The summed E-state index contributed by atoms with van der Waals surface area (Å²) in [5, 5.41) is 0. The number of allylic oxidation sites excluding steroid dienone is 1. The van der Waals surface area contributed by atoms with E-state index in [0.29, 0.717) is 24.3 Å². The molecule has 0 bridgehead atoms. The van der Waals surface area contributed by atoms with Gasteiger partial charge in [-0.1, -0.05) is 23.8 Å². The van der Waals surface area contributed by atoms with Gasteiger partial charge in [0.2, 0.25) is 10.0 Å². The molecule has 1 saturated carbocycles. The average molecular weight is 525 g/mol. The van der Waals surface area contributed by atoms with Crippen LogP contribution in [0.2, 0.25) is 0 Å². The van der Waals surface area contributed by atoms with Crippen molar-refractivity contribution < 1.29 is 22.7 Å². The maximum atomic E-state index is 14.4. The van der Waals surface area contributed by atoms with Crippen LogP contribution < -0.4 is 9.64 Å². The number of hydrogen-bond donors (Lipinski definition) is 0. The molecule has 5 rings (SSSR count). The zero-order valence-corrected chi connectivity index (χ0v) is 23.1. The van der Waals surface area contributed by atoms with Crippen LogP contribution in [0.5, 0.6) is 5.75 Å². The lowest BCUT2D eigenvalue weighted by Gasteiger charge is -2.54. The standard InChI is InChI=1S/C29H36N2O5S/c1-7-21-9-8-16-29-28(21,17-18-30(29)37(33,34)23-13-10-20(2)11-14-23)24-19-22(35-6)12-15-25(24)31(29)26(32)36-27(3,4)5/h7,10-15,19,21H,1,8-9,16-18H2,2-6H3/t21-,28-,29-/m0/s1. The Morgan fingerprint density at radius 2 is 1.84 bits per heavy atom. The van der Waals surface area contributed by atoms with E-state index in [9.17, 15) is 13.2 Å². The molecule has 2 aliphatic heterocycles. The number of hydrogen-bond acceptors (Lipinski definition) is 5. The number of ether oxygens (including phenoxy) is 2. The second kappa shape index (κ2) is 8.60. The minimum atomic E-state index is -3.95. The molecular weight excluding hydrogens is 488 g/mol. The molecule has 198 valence electrons. The number of carbonyl (C=O) groups is 1. The van der Waals surface area contributed by atoms with E-state index in [1.165, 1.54) is 0 Å². The predicted molar refractivity (Wildman–Crippen MR) is 143 cm³/mol. The van der Waals surface area contributed by atoms with Crippen LogP contribution in [-0.4, -0.2) is 43.7 Å². The summed E-state index contributed by atoms with van der Waals surface area (Å²) in [6, 6.07) is 12.6. The molecule has 1 aliphatic carbocycles. The third-order valence-electron chi connectivity index (χ3n) is 8.27. The van der Waals surface area contributed by atoms with Crippen LogP contribution in [0.4, 0.5) is 10.5 Å². The minimum Gasteiger partial charge on any atom is -0.497 e. The van der Waals surface area contributed by atoms with Gasteiger partial charge in [0, 0.05) is 12.0 Å². The Balaban J connectivity index is 1.80. The molecule has 3 atom stereocenters. The van der Waals surface area contributed by atoms with E-state index in [2.05, 4.69) is 6.58 Å². The number of aryl methyl sites for hydroxylation is 1. The number of methoxy groups -OCH3 is 1. The molecule has 0 spiro atoms. The molecule has 0 aromatic heterocycles. The van der Waals surface area contributed by atoms with Crippen molar-refractivity contribution in [2.45, 2.75) is 75.0 Å². The van der Waals surface area contributed by atoms with Crippen molar-refractivity contribution in [2.24, 2.45) is 5.92 Å². The van der Waals surface area contributed by atoms with Crippen molar-refractivity contribution in [3.63, 3.8) is 0 Å². The summed E-state index contributed by atoms with van der Waals surface area (Å²) in [5.41, 5.74) is -0.0159. The summed E-state index contributed by atoms with van der Waals surface area (Å²) in [6.07, 6.45) is 4.08. The first-order valence-corrected chi connectivity index (χ1v) is 14.3. The molecule has 7 nitrogen and oxygen atoms in total. The fourth-order valence-electron chi connectivity index (χ4n) is 6.93. The zero-order chi connectivity index (χ0) is 26.8. The Bertz CT molecular complexity index is 1350. The van der Waals surface area contributed by atoms with Gasteiger partial charge >= 0.3 is 6.09 Å². The number of fused-ring (bicyclic) bond motifs is 1. The average Bonchev–Trinajstić information content (AvgIpc) is 3.32. The highest BCUT2D eigenvalue weighted by atomic mass is 32.2. The van der Waals surface area contributed by atoms with Gasteiger partial charge in [0.1, 0.15) is 17.0 Å². The lowest BCUT2D eigenvalue weighted by atomic mass is 9.58. The van der Waals surface area contributed by atoms with Crippen molar-refractivity contribution in [2.75, 3.05) is 18.6 Å². The van der Waals surface area contributed by atoms with Crippen LogP contribution in [0.3, 0.4) is 0 Å². The first kappa shape index (κ1) is 25.8. The fraction of sp³-hybridized carbons (Fsp3) is 0.483. The second-order valence-corrected chi connectivity index (χ2v) is 13.2. The van der Waals surface area contributed by atoms with E-state index in [-0.39, 0.29) is 17.4 Å². The Labute approximate surface area is 220 Å². The highest BCUT2D eigenvalue weighted by Crippen LogP contribution is 2.68. The largest absolute Gasteiger partial charge is 0.497 e. The number of sulfonamides is 1. The molecule has 2 aromatic carbocycles. The van der Waals surface area contributed by atoms with Gasteiger partial charge in [-0.15, -0.1) is 6.58 Å². The van der Waals surface area contributed by atoms with Gasteiger partial charge in [-0.25, -0.2) is 13.2 Å². The van der Waals surface area contributed by atoms with Gasteiger partial charge in [-0.2, -0.15) is 4.31 Å². The smallest absolute Gasteiger partial charge is 0.416 e. The lowest BCUT2D eigenvalue weighted by molar-refractivity contribution is 0.0313. The van der Waals surface area contributed by atoms with E-state index in [1.807, 2.05) is 52.0 Å². The number of benzene rings is 2. The van der Waals surface area contributed by atoms with Crippen molar-refractivity contribution in [3.8, 4) is 5.75 Å². The molecule has 0 radical (unpaired) electrons. The lowest BCUT2D eigenvalue weighted by Crippen LogP contribution is -2.69. The fourth-order valence-corrected chi connectivity index (χ4v) is 8.73. The number of nitrogens with zero attached hydrogens (tertiary/aromatic N) is 2. The molecule has 2 fully saturated rings. The molecule has 1 saturated heterocycles. The summed E-state index contributed by atoms with van der Waals surface area (Å²) in [7, 11) is -2.34. The maximum absolute atomic E-state index is 14.4. The second-order valence-electron chi connectivity index (χ2n) is 11.4. The third kappa shape index (κ3) is 3.56. The van der Waals surface area contributed by atoms with Crippen LogP contribution in [-0.2, 0) is 20.2 Å². The van der Waals surface area contributed by atoms with Crippen molar-refractivity contribution >= 4 is 21.8 Å². The van der Waals surface area contributed by atoms with Crippen LogP contribution in [0.1, 0.15) is 57.6 Å². The van der Waals surface area contributed by atoms with E-state index in [4.69, 9.17) is 9.47 Å². The Morgan fingerprint density at radius 3 is 2.46 bits per heavy atom. The van der Waals surface area contributed by atoms with Crippen molar-refractivity contribution in [3.05, 3.63) is 66.2 Å². The molecule has 3 aliphatic rings. The van der Waals surface area contributed by atoms with Crippen LogP contribution in [0, 0.1) is 12.8 Å². The van der Waals surface area contributed by atoms with Gasteiger partial charge in [0.25, 0.3) is 0 Å². The van der Waals surface area contributed by atoms with Crippen molar-refractivity contribution in [1.82, 2.24) is 4.31 Å². The summed E-state index contributed by atoms with van der Waals surface area (Å²) in [4.78, 5) is 15.9. The molecule has 37 heavy (non-hydrogen) atoms. The SMILES string of the molecule is C=C[C@H]1CCC[C@]23N(C(=O)OC(C)(C)C)c4ccc(OC)cc4[C@]12CCN3S(=O)(=O)c1ccc(C)cc1. The van der Waals surface area contributed by atoms with Gasteiger partial charge in [-0.3, -0.25) is 4.90 Å². The summed E-state index contributed by atoms with van der Waals surface area (Å²) in [5.74, 6) is 0.638. The van der Waals surface area contributed by atoms with E-state index >= 15 is 0 Å². The van der Waals surface area contributed by atoms with Crippen molar-refractivity contribution in [1.29, 1.82) is 0 Å². The first-order chi connectivity index (χ1) is 17.4. The zero-order valence-electron chi connectivity index (χ0n) is 22.3. The maximum Gasteiger partial charge on any atom is 0.416 e. The molecule has 2 heterocycles. The quantitative estimate of drug-likeness (QED) is 0.475. The predicted octanol–water partition coefficient (Wildman–Crippen LogP) is 5.77. The first-order valence-electron chi connectivity index (χ1n) is 12.9. The number of anilines is 1. The Morgan fingerprint density at radius 1 is 1.14 bits per heavy atom. The minimum absolute atomic E-state index is 0.0299. The van der Waals surface area contributed by atoms with Crippen LogP contribution >= 0.6 is 0 Å². The summed E-state index contributed by atoms with van der Waals surface area (Å²) < 4.78 is 41.8. The normalized spacial score (nSPS) is 27.3. The Kier molecular flexibility index (Phi) is 5.99. The van der Waals surface area contributed by atoms with Crippen LogP contribution in [0.15, 0.2) is 60.0 Å². The van der Waals surface area contributed by atoms with Gasteiger partial charge in [0.15, 0.2) is 0 Å². The molecule has 8 heteroatoms. The number of rotatable bonds is 4. The number of carbonyl (C=O) groups excluding carboxylic acids is 1. The van der Waals surface area contributed by atoms with Gasteiger partial charge in [-0.05, 0) is 95.2 Å². The third-order valence-corrected chi connectivity index (χ3v) is 10.2. The van der Waals surface area contributed by atoms with Gasteiger partial charge < -0.3 is 9.47 Å². The molecule has 0 N–H and O–H groups in total.